The average molecular weight is 216 g/mol. The van der Waals surface area contributed by atoms with Crippen LogP contribution < -0.4 is 10.4 Å². The second-order valence-corrected chi connectivity index (χ2v) is 3.61. The van der Waals surface area contributed by atoms with Crippen LogP contribution in [0.5, 0.6) is 5.75 Å². The monoisotopic (exact) mass is 216 g/mol. The van der Waals surface area contributed by atoms with Gasteiger partial charge >= 0.3 is 0 Å². The molecule has 16 heavy (non-hydrogen) atoms. The van der Waals surface area contributed by atoms with Crippen LogP contribution in [0.1, 0.15) is 11.3 Å². The number of aromatic nitrogens is 2. The van der Waals surface area contributed by atoms with Gasteiger partial charge in [-0.3, -0.25) is 0 Å². The summed E-state index contributed by atoms with van der Waals surface area (Å²) in [5.41, 5.74) is 1.91. The van der Waals surface area contributed by atoms with Crippen LogP contribution in [0.4, 0.5) is 0 Å². The first kappa shape index (κ1) is 10.7. The van der Waals surface area contributed by atoms with Crippen LogP contribution in [0.15, 0.2) is 36.8 Å². The summed E-state index contributed by atoms with van der Waals surface area (Å²) in [6, 6.07) is 7.08. The van der Waals surface area contributed by atoms with Crippen molar-refractivity contribution in [2.75, 3.05) is 6.54 Å². The van der Waals surface area contributed by atoms with E-state index in [4.69, 9.17) is 0 Å². The van der Waals surface area contributed by atoms with Gasteiger partial charge in [0.2, 0.25) is 0 Å². The first-order chi connectivity index (χ1) is 7.86. The van der Waals surface area contributed by atoms with Gasteiger partial charge in [0.1, 0.15) is 0 Å². The zero-order valence-electron chi connectivity index (χ0n) is 8.94. The number of rotatable bonds is 5. The lowest BCUT2D eigenvalue weighted by atomic mass is 10.2. The molecule has 1 aromatic carbocycles. The Morgan fingerprint density at radius 2 is 2.19 bits per heavy atom. The van der Waals surface area contributed by atoms with Crippen LogP contribution in [-0.2, 0) is 13.0 Å². The molecule has 0 saturated heterocycles. The number of aromatic amines is 1. The van der Waals surface area contributed by atoms with E-state index in [-0.39, 0.29) is 5.75 Å². The number of imidazole rings is 1. The van der Waals surface area contributed by atoms with Gasteiger partial charge in [-0.1, -0.05) is 24.3 Å². The molecule has 0 aliphatic heterocycles. The van der Waals surface area contributed by atoms with Crippen molar-refractivity contribution in [3.63, 3.8) is 0 Å². The Labute approximate surface area is 94.4 Å². The Morgan fingerprint density at radius 1 is 1.31 bits per heavy atom. The quantitative estimate of drug-likeness (QED) is 0.727. The van der Waals surface area contributed by atoms with Crippen LogP contribution in [0.25, 0.3) is 0 Å². The van der Waals surface area contributed by atoms with Crippen molar-refractivity contribution in [1.29, 1.82) is 0 Å². The minimum atomic E-state index is 0.0940. The molecule has 2 N–H and O–H groups in total. The van der Waals surface area contributed by atoms with E-state index in [0.717, 1.165) is 24.2 Å². The van der Waals surface area contributed by atoms with Crippen molar-refractivity contribution in [1.82, 2.24) is 15.3 Å². The normalized spacial score (nSPS) is 10.5. The van der Waals surface area contributed by atoms with Gasteiger partial charge in [0.25, 0.3) is 0 Å². The molecular weight excluding hydrogens is 202 g/mol. The third kappa shape index (κ3) is 2.84. The molecule has 4 heteroatoms. The second kappa shape index (κ2) is 5.32. The summed E-state index contributed by atoms with van der Waals surface area (Å²) in [7, 11) is 0. The van der Waals surface area contributed by atoms with Gasteiger partial charge < -0.3 is 15.4 Å². The molecule has 0 unspecified atom stereocenters. The number of nitrogens with zero attached hydrogens (tertiary/aromatic N) is 1. The van der Waals surface area contributed by atoms with E-state index >= 15 is 0 Å². The molecule has 0 atom stereocenters. The Hall–Kier alpha value is -1.81. The summed E-state index contributed by atoms with van der Waals surface area (Å²) in [4.78, 5) is 6.97. The molecule has 0 fully saturated rings. The van der Waals surface area contributed by atoms with E-state index in [9.17, 15) is 5.11 Å². The zero-order chi connectivity index (χ0) is 11.2. The molecule has 0 aliphatic rings. The van der Waals surface area contributed by atoms with Crippen molar-refractivity contribution in [2.45, 2.75) is 13.0 Å². The highest BCUT2D eigenvalue weighted by molar-refractivity contribution is 5.30. The molecule has 1 heterocycles. The lowest BCUT2D eigenvalue weighted by Gasteiger charge is -2.13. The summed E-state index contributed by atoms with van der Waals surface area (Å²) < 4.78 is 0. The van der Waals surface area contributed by atoms with E-state index in [0.29, 0.717) is 6.54 Å². The average Bonchev–Trinajstić information content (AvgIpc) is 2.79. The smallest absolute Gasteiger partial charge is 0.0921 e. The van der Waals surface area contributed by atoms with Gasteiger partial charge in [-0.15, -0.1) is 5.75 Å². The van der Waals surface area contributed by atoms with Crippen LogP contribution in [0, 0.1) is 0 Å². The summed E-state index contributed by atoms with van der Waals surface area (Å²) in [5, 5.41) is 14.6. The Morgan fingerprint density at radius 3 is 2.94 bits per heavy atom. The fourth-order valence-electron chi connectivity index (χ4n) is 1.52. The van der Waals surface area contributed by atoms with Gasteiger partial charge in [-0.2, -0.15) is 0 Å². The van der Waals surface area contributed by atoms with Crippen molar-refractivity contribution in [2.24, 2.45) is 0 Å². The van der Waals surface area contributed by atoms with Gasteiger partial charge in [0.05, 0.1) is 6.33 Å². The number of nitrogens with one attached hydrogen (secondary N) is 2. The molecule has 4 nitrogen and oxygen atoms in total. The van der Waals surface area contributed by atoms with E-state index in [1.54, 1.807) is 18.5 Å². The number of H-pyrrole nitrogens is 1. The molecular formula is C12H14N3O-. The predicted octanol–water partition coefficient (Wildman–Crippen LogP) is 0.816. The van der Waals surface area contributed by atoms with E-state index < -0.39 is 0 Å². The molecule has 0 amide bonds. The minimum Gasteiger partial charge on any atom is -0.872 e. The summed E-state index contributed by atoms with van der Waals surface area (Å²) >= 11 is 0. The highest BCUT2D eigenvalue weighted by Crippen LogP contribution is 2.11. The lowest BCUT2D eigenvalue weighted by molar-refractivity contribution is -0.269. The molecule has 0 radical (unpaired) electrons. The fourth-order valence-corrected chi connectivity index (χ4v) is 1.52. The Bertz CT molecular complexity index is 426. The van der Waals surface area contributed by atoms with E-state index in [2.05, 4.69) is 15.3 Å². The first-order valence-corrected chi connectivity index (χ1v) is 5.29. The first-order valence-electron chi connectivity index (χ1n) is 5.29. The molecule has 0 spiro atoms. The minimum absolute atomic E-state index is 0.0940. The molecule has 1 aromatic heterocycles. The van der Waals surface area contributed by atoms with E-state index in [1.165, 1.54) is 0 Å². The standard InChI is InChI=1S/C12H15N3O/c16-12-4-2-1-3-10(12)7-13-6-5-11-8-14-9-15-11/h1-4,8-9,13,16H,5-7H2,(H,14,15)/p-1. The third-order valence-electron chi connectivity index (χ3n) is 2.41. The van der Waals surface area contributed by atoms with Crippen LogP contribution in [0.3, 0.4) is 0 Å². The van der Waals surface area contributed by atoms with Gasteiger partial charge in [0, 0.05) is 31.4 Å². The van der Waals surface area contributed by atoms with E-state index in [1.807, 2.05) is 18.3 Å². The predicted molar refractivity (Wildman–Crippen MR) is 59.9 cm³/mol. The van der Waals surface area contributed by atoms with Crippen LogP contribution >= 0.6 is 0 Å². The molecule has 0 aliphatic carbocycles. The topological polar surface area (TPSA) is 63.8 Å². The number of hydrogen-bond donors (Lipinski definition) is 2. The Balaban J connectivity index is 1.74. The zero-order valence-corrected chi connectivity index (χ0v) is 8.94. The summed E-state index contributed by atoms with van der Waals surface area (Å²) in [6.45, 7) is 1.45. The molecule has 2 rings (SSSR count). The number of benzene rings is 1. The van der Waals surface area contributed by atoms with Gasteiger partial charge in [-0.05, 0) is 5.56 Å². The lowest BCUT2D eigenvalue weighted by Crippen LogP contribution is -2.17. The van der Waals surface area contributed by atoms with Crippen molar-refractivity contribution in [3.8, 4) is 5.75 Å². The molecule has 2 aromatic rings. The molecule has 0 saturated carbocycles. The maximum absolute atomic E-state index is 11.4. The van der Waals surface area contributed by atoms with Gasteiger partial charge in [0.15, 0.2) is 0 Å². The SMILES string of the molecule is [O-]c1ccccc1CNCCc1cnc[nH]1. The maximum Gasteiger partial charge on any atom is 0.0921 e. The highest BCUT2D eigenvalue weighted by Gasteiger charge is 1.95. The molecule has 84 valence electrons. The highest BCUT2D eigenvalue weighted by atomic mass is 16.3. The third-order valence-corrected chi connectivity index (χ3v) is 2.41. The number of hydrogen-bond acceptors (Lipinski definition) is 3. The van der Waals surface area contributed by atoms with Crippen LogP contribution in [-0.4, -0.2) is 16.5 Å². The van der Waals surface area contributed by atoms with Crippen molar-refractivity contribution < 1.29 is 5.11 Å². The summed E-state index contributed by atoms with van der Waals surface area (Å²) in [5.74, 6) is 0.0940. The summed E-state index contributed by atoms with van der Waals surface area (Å²) in [6.07, 6.45) is 4.37. The second-order valence-electron chi connectivity index (χ2n) is 3.61. The fraction of sp³-hybridized carbons (Fsp3) is 0.250. The molecule has 0 bridgehead atoms. The van der Waals surface area contributed by atoms with Crippen molar-refractivity contribution >= 4 is 0 Å². The van der Waals surface area contributed by atoms with Crippen molar-refractivity contribution in [3.05, 3.63) is 48.0 Å². The van der Waals surface area contributed by atoms with Gasteiger partial charge in [-0.25, -0.2) is 4.98 Å². The maximum atomic E-state index is 11.4. The Kier molecular flexibility index (Phi) is 3.56. The van der Waals surface area contributed by atoms with Crippen LogP contribution in [0.2, 0.25) is 0 Å². The largest absolute Gasteiger partial charge is 0.872 e. The number of para-hydroxylation sites is 1.